The van der Waals surface area contributed by atoms with E-state index in [9.17, 15) is 9.59 Å². The molecule has 0 aliphatic heterocycles. The van der Waals surface area contributed by atoms with Crippen molar-refractivity contribution in [2.45, 2.75) is 53.0 Å². The molecule has 1 fully saturated rings. The Morgan fingerprint density at radius 2 is 1.85 bits per heavy atom. The van der Waals surface area contributed by atoms with Gasteiger partial charge in [0.05, 0.1) is 0 Å². The molecule has 5 heteroatoms. The van der Waals surface area contributed by atoms with Crippen LogP contribution in [0.5, 0.6) is 0 Å². The Kier molecular flexibility index (Phi) is 3.71. The number of amides is 1. The van der Waals surface area contributed by atoms with E-state index in [-0.39, 0.29) is 34.0 Å². The fraction of sp³-hybridized carbons (Fsp3) is 0.667. The molecule has 5 nitrogen and oxygen atoms in total. The van der Waals surface area contributed by atoms with Crippen LogP contribution in [0, 0.1) is 10.8 Å². The normalized spacial score (nSPS) is 21.4. The highest BCUT2D eigenvalue weighted by atomic mass is 16.2. The number of rotatable bonds is 2. The number of H-pyrrole nitrogens is 1. The van der Waals surface area contributed by atoms with E-state index >= 15 is 0 Å². The minimum absolute atomic E-state index is 0.148. The Balaban J connectivity index is 2.07. The maximum absolute atomic E-state index is 12.2. The van der Waals surface area contributed by atoms with E-state index in [0.717, 1.165) is 19.3 Å². The summed E-state index contributed by atoms with van der Waals surface area (Å²) in [7, 11) is 0. The zero-order valence-electron chi connectivity index (χ0n) is 12.6. The van der Waals surface area contributed by atoms with Crippen LogP contribution in [0.25, 0.3) is 0 Å². The van der Waals surface area contributed by atoms with Crippen molar-refractivity contribution >= 4 is 5.91 Å². The largest absolute Gasteiger partial charge is 0.348 e. The van der Waals surface area contributed by atoms with Crippen molar-refractivity contribution in [1.29, 1.82) is 0 Å². The Bertz CT molecular complexity index is 524. The third-order valence-corrected chi connectivity index (χ3v) is 3.80. The van der Waals surface area contributed by atoms with Crippen molar-refractivity contribution in [3.63, 3.8) is 0 Å². The second kappa shape index (κ2) is 5.04. The van der Waals surface area contributed by atoms with Gasteiger partial charge in [-0.2, -0.15) is 5.10 Å². The summed E-state index contributed by atoms with van der Waals surface area (Å²) in [6.45, 7) is 8.97. The molecule has 1 aliphatic rings. The van der Waals surface area contributed by atoms with Gasteiger partial charge in [0, 0.05) is 12.1 Å². The van der Waals surface area contributed by atoms with E-state index in [2.05, 4.69) is 43.2 Å². The topological polar surface area (TPSA) is 74.8 Å². The van der Waals surface area contributed by atoms with Gasteiger partial charge in [-0.3, -0.25) is 9.59 Å². The molecule has 0 unspecified atom stereocenters. The first kappa shape index (κ1) is 14.8. The van der Waals surface area contributed by atoms with Gasteiger partial charge in [0.25, 0.3) is 11.5 Å². The Morgan fingerprint density at radius 3 is 2.35 bits per heavy atom. The minimum atomic E-state index is -0.304. The van der Waals surface area contributed by atoms with Crippen LogP contribution >= 0.6 is 0 Å². The van der Waals surface area contributed by atoms with Crippen LogP contribution in [-0.2, 0) is 0 Å². The third kappa shape index (κ3) is 3.68. The standard InChI is InChI=1S/C15H23N3O2/c1-14(2)7-10(8-15(3,4)9-14)16-13(20)11-5-6-12(19)18-17-11/h5-6,10H,7-9H2,1-4H3,(H,16,20)(H,18,19). The van der Waals surface area contributed by atoms with Crippen molar-refractivity contribution in [1.82, 2.24) is 15.5 Å². The van der Waals surface area contributed by atoms with Crippen LogP contribution in [0.2, 0.25) is 0 Å². The second-order valence-corrected chi connectivity index (χ2v) is 7.39. The van der Waals surface area contributed by atoms with Crippen LogP contribution in [0.15, 0.2) is 16.9 Å². The van der Waals surface area contributed by atoms with Gasteiger partial charge in [-0.15, -0.1) is 0 Å². The summed E-state index contributed by atoms with van der Waals surface area (Å²) in [6.07, 6.45) is 3.08. The molecular formula is C15H23N3O2. The molecule has 0 spiro atoms. The Labute approximate surface area is 119 Å². The molecule has 0 radical (unpaired) electrons. The molecule has 1 aromatic heterocycles. The van der Waals surface area contributed by atoms with E-state index in [1.807, 2.05) is 0 Å². The highest BCUT2D eigenvalue weighted by molar-refractivity contribution is 5.92. The zero-order valence-corrected chi connectivity index (χ0v) is 12.6. The first-order valence-electron chi connectivity index (χ1n) is 7.04. The molecule has 0 bridgehead atoms. The van der Waals surface area contributed by atoms with Crippen molar-refractivity contribution in [3.8, 4) is 0 Å². The van der Waals surface area contributed by atoms with Gasteiger partial charge in [0.15, 0.2) is 0 Å². The van der Waals surface area contributed by atoms with Crippen molar-refractivity contribution < 1.29 is 4.79 Å². The first-order chi connectivity index (χ1) is 9.17. The molecule has 1 saturated carbocycles. The molecule has 110 valence electrons. The molecule has 1 heterocycles. The molecule has 0 aromatic carbocycles. The summed E-state index contributed by atoms with van der Waals surface area (Å²) in [5, 5.41) is 9.09. The summed E-state index contributed by atoms with van der Waals surface area (Å²) in [5.74, 6) is -0.222. The van der Waals surface area contributed by atoms with Gasteiger partial charge in [-0.25, -0.2) is 5.10 Å². The van der Waals surface area contributed by atoms with Crippen molar-refractivity contribution in [3.05, 3.63) is 28.2 Å². The summed E-state index contributed by atoms with van der Waals surface area (Å²) >= 11 is 0. The summed E-state index contributed by atoms with van der Waals surface area (Å²) in [6, 6.07) is 2.92. The molecule has 2 N–H and O–H groups in total. The molecule has 0 saturated heterocycles. The van der Waals surface area contributed by atoms with Crippen LogP contribution in [0.3, 0.4) is 0 Å². The van der Waals surface area contributed by atoms with E-state index in [4.69, 9.17) is 0 Å². The average molecular weight is 277 g/mol. The number of aromatic nitrogens is 2. The van der Waals surface area contributed by atoms with Crippen LogP contribution in [-0.4, -0.2) is 22.1 Å². The fourth-order valence-electron chi connectivity index (χ4n) is 3.68. The lowest BCUT2D eigenvalue weighted by atomic mass is 9.63. The Morgan fingerprint density at radius 1 is 1.25 bits per heavy atom. The number of carbonyl (C=O) groups excluding carboxylic acids is 1. The summed E-state index contributed by atoms with van der Waals surface area (Å²) in [4.78, 5) is 23.1. The lowest BCUT2D eigenvalue weighted by molar-refractivity contribution is 0.0710. The average Bonchev–Trinajstić information content (AvgIpc) is 2.25. The van der Waals surface area contributed by atoms with Crippen LogP contribution in [0.4, 0.5) is 0 Å². The number of aromatic amines is 1. The predicted molar refractivity (Wildman–Crippen MR) is 77.5 cm³/mol. The number of hydrogen-bond donors (Lipinski definition) is 2. The molecule has 1 aliphatic carbocycles. The quantitative estimate of drug-likeness (QED) is 0.869. The Hall–Kier alpha value is -1.65. The van der Waals surface area contributed by atoms with Gasteiger partial charge in [0.1, 0.15) is 5.69 Å². The fourth-order valence-corrected chi connectivity index (χ4v) is 3.68. The third-order valence-electron chi connectivity index (χ3n) is 3.80. The number of hydrogen-bond acceptors (Lipinski definition) is 3. The number of carbonyl (C=O) groups is 1. The number of nitrogens with one attached hydrogen (secondary N) is 2. The van der Waals surface area contributed by atoms with Crippen molar-refractivity contribution in [2.24, 2.45) is 10.8 Å². The molecule has 1 aromatic rings. The van der Waals surface area contributed by atoms with Crippen LogP contribution < -0.4 is 10.9 Å². The lowest BCUT2D eigenvalue weighted by Crippen LogP contribution is -2.46. The molecule has 2 rings (SSSR count). The second-order valence-electron chi connectivity index (χ2n) is 7.39. The summed E-state index contributed by atoms with van der Waals surface area (Å²) in [5.41, 5.74) is 0.392. The van der Waals surface area contributed by atoms with Crippen LogP contribution in [0.1, 0.15) is 57.4 Å². The van der Waals surface area contributed by atoms with Gasteiger partial charge in [0.2, 0.25) is 0 Å². The first-order valence-corrected chi connectivity index (χ1v) is 7.04. The van der Waals surface area contributed by atoms with Gasteiger partial charge >= 0.3 is 0 Å². The maximum Gasteiger partial charge on any atom is 0.271 e. The van der Waals surface area contributed by atoms with E-state index in [1.54, 1.807) is 0 Å². The highest BCUT2D eigenvalue weighted by Crippen LogP contribution is 2.45. The SMILES string of the molecule is CC1(C)CC(NC(=O)c2ccc(=O)[nH]n2)CC(C)(C)C1. The van der Waals surface area contributed by atoms with E-state index in [0.29, 0.717) is 0 Å². The highest BCUT2D eigenvalue weighted by Gasteiger charge is 2.39. The van der Waals surface area contributed by atoms with Gasteiger partial charge < -0.3 is 5.32 Å². The minimum Gasteiger partial charge on any atom is -0.348 e. The predicted octanol–water partition coefficient (Wildman–Crippen LogP) is 2.10. The molecule has 20 heavy (non-hydrogen) atoms. The molecular weight excluding hydrogens is 254 g/mol. The van der Waals surface area contributed by atoms with Gasteiger partial charge in [-0.1, -0.05) is 27.7 Å². The lowest BCUT2D eigenvalue weighted by Gasteiger charge is -2.45. The molecule has 0 atom stereocenters. The van der Waals surface area contributed by atoms with Gasteiger partial charge in [-0.05, 0) is 36.2 Å². The number of nitrogens with zero attached hydrogens (tertiary/aromatic N) is 1. The summed E-state index contributed by atoms with van der Waals surface area (Å²) < 4.78 is 0. The smallest absolute Gasteiger partial charge is 0.271 e. The van der Waals surface area contributed by atoms with E-state index < -0.39 is 0 Å². The van der Waals surface area contributed by atoms with E-state index in [1.165, 1.54) is 12.1 Å². The molecule has 1 amide bonds. The van der Waals surface area contributed by atoms with Crippen molar-refractivity contribution in [2.75, 3.05) is 0 Å². The zero-order chi connectivity index (χ0) is 15.0. The maximum atomic E-state index is 12.2. The monoisotopic (exact) mass is 277 g/mol.